The van der Waals surface area contributed by atoms with Gasteiger partial charge in [0.25, 0.3) is 0 Å². The lowest BCUT2D eigenvalue weighted by molar-refractivity contribution is 0.0608. The Kier molecular flexibility index (Phi) is 6.70. The van der Waals surface area contributed by atoms with E-state index in [1.165, 1.54) is 11.1 Å². The molecule has 114 valence electrons. The van der Waals surface area contributed by atoms with Crippen molar-refractivity contribution in [2.45, 2.75) is 65.5 Å². The van der Waals surface area contributed by atoms with E-state index in [2.05, 4.69) is 71.1 Å². The van der Waals surface area contributed by atoms with Gasteiger partial charge in [0.2, 0.25) is 0 Å². The summed E-state index contributed by atoms with van der Waals surface area (Å²) in [5.74, 6) is 0. The monoisotopic (exact) mass is 277 g/mol. The molecule has 0 aliphatic carbocycles. The van der Waals surface area contributed by atoms with E-state index in [1.807, 2.05) is 0 Å². The lowest BCUT2D eigenvalue weighted by Crippen LogP contribution is -2.30. The number of rotatable bonds is 7. The first kappa shape index (κ1) is 17.2. The summed E-state index contributed by atoms with van der Waals surface area (Å²) >= 11 is 0. The van der Waals surface area contributed by atoms with Gasteiger partial charge in [-0.3, -0.25) is 0 Å². The number of nitrogens with one attached hydrogen (secondary N) is 1. The Bertz CT molecular complexity index is 393. The van der Waals surface area contributed by atoms with Gasteiger partial charge in [-0.1, -0.05) is 52.0 Å². The van der Waals surface area contributed by atoms with Gasteiger partial charge in [0.15, 0.2) is 0 Å². The third-order valence-electron chi connectivity index (χ3n) is 3.38. The Hall–Kier alpha value is -0.860. The molecule has 0 saturated heterocycles. The number of hydrogen-bond acceptors (Lipinski definition) is 2. The number of ether oxygens (including phenoxy) is 1. The zero-order chi connectivity index (χ0) is 15.2. The zero-order valence-electron chi connectivity index (χ0n) is 14.0. The van der Waals surface area contributed by atoms with Gasteiger partial charge in [-0.05, 0) is 43.4 Å². The largest absolute Gasteiger partial charge is 0.377 e. The number of benzene rings is 1. The quantitative estimate of drug-likeness (QED) is 0.795. The van der Waals surface area contributed by atoms with E-state index in [0.717, 1.165) is 19.6 Å². The molecule has 2 heteroatoms. The standard InChI is InChI=1S/C18H31NO/c1-7-12-19-17(13-20-14(2)3)15-10-8-9-11-16(15)18(4,5)6/h8-11,14,17,19H,7,12-13H2,1-6H3. The second kappa shape index (κ2) is 7.80. The van der Waals surface area contributed by atoms with Crippen LogP contribution in [0.4, 0.5) is 0 Å². The van der Waals surface area contributed by atoms with Crippen LogP contribution in [-0.2, 0) is 10.2 Å². The third kappa shape index (κ3) is 5.26. The summed E-state index contributed by atoms with van der Waals surface area (Å²) in [5.41, 5.74) is 2.93. The summed E-state index contributed by atoms with van der Waals surface area (Å²) in [7, 11) is 0. The minimum absolute atomic E-state index is 0.153. The van der Waals surface area contributed by atoms with E-state index in [1.54, 1.807) is 0 Å². The first-order chi connectivity index (χ1) is 9.36. The molecule has 1 aromatic carbocycles. The normalized spacial score (nSPS) is 13.8. The molecule has 0 saturated carbocycles. The van der Waals surface area contributed by atoms with Crippen molar-refractivity contribution in [2.75, 3.05) is 13.2 Å². The van der Waals surface area contributed by atoms with Crippen molar-refractivity contribution < 1.29 is 4.74 Å². The Morgan fingerprint density at radius 3 is 2.35 bits per heavy atom. The minimum Gasteiger partial charge on any atom is -0.377 e. The van der Waals surface area contributed by atoms with E-state index >= 15 is 0 Å². The third-order valence-corrected chi connectivity index (χ3v) is 3.38. The van der Waals surface area contributed by atoms with Gasteiger partial charge in [-0.25, -0.2) is 0 Å². The van der Waals surface area contributed by atoms with E-state index in [4.69, 9.17) is 4.74 Å². The molecule has 0 heterocycles. The molecule has 0 fully saturated rings. The highest BCUT2D eigenvalue weighted by atomic mass is 16.5. The lowest BCUT2D eigenvalue weighted by atomic mass is 9.82. The first-order valence-electron chi connectivity index (χ1n) is 7.80. The van der Waals surface area contributed by atoms with Gasteiger partial charge in [0.05, 0.1) is 18.8 Å². The van der Waals surface area contributed by atoms with Crippen LogP contribution in [0.1, 0.15) is 65.1 Å². The van der Waals surface area contributed by atoms with E-state index in [9.17, 15) is 0 Å². The van der Waals surface area contributed by atoms with Crippen molar-refractivity contribution in [3.63, 3.8) is 0 Å². The summed E-state index contributed by atoms with van der Waals surface area (Å²) in [4.78, 5) is 0. The first-order valence-corrected chi connectivity index (χ1v) is 7.80. The molecule has 0 aliphatic rings. The van der Waals surface area contributed by atoms with E-state index in [-0.39, 0.29) is 17.6 Å². The molecular weight excluding hydrogens is 246 g/mol. The van der Waals surface area contributed by atoms with Crippen molar-refractivity contribution in [2.24, 2.45) is 0 Å². The van der Waals surface area contributed by atoms with E-state index in [0.29, 0.717) is 0 Å². The fourth-order valence-electron chi connectivity index (χ4n) is 2.35. The molecule has 0 bridgehead atoms. The average molecular weight is 277 g/mol. The smallest absolute Gasteiger partial charge is 0.0665 e. The van der Waals surface area contributed by atoms with Crippen molar-refractivity contribution in [3.8, 4) is 0 Å². The van der Waals surface area contributed by atoms with Crippen LogP contribution in [0.25, 0.3) is 0 Å². The minimum atomic E-state index is 0.153. The van der Waals surface area contributed by atoms with E-state index < -0.39 is 0 Å². The maximum Gasteiger partial charge on any atom is 0.0665 e. The molecule has 0 aliphatic heterocycles. The van der Waals surface area contributed by atoms with Gasteiger partial charge in [-0.2, -0.15) is 0 Å². The predicted molar refractivity (Wildman–Crippen MR) is 87.3 cm³/mol. The van der Waals surface area contributed by atoms with Gasteiger partial charge in [-0.15, -0.1) is 0 Å². The molecule has 2 nitrogen and oxygen atoms in total. The van der Waals surface area contributed by atoms with Crippen molar-refractivity contribution >= 4 is 0 Å². The topological polar surface area (TPSA) is 21.3 Å². The molecule has 0 aromatic heterocycles. The van der Waals surface area contributed by atoms with Gasteiger partial charge in [0, 0.05) is 0 Å². The zero-order valence-corrected chi connectivity index (χ0v) is 14.0. The Labute approximate surface area is 124 Å². The van der Waals surface area contributed by atoms with Crippen LogP contribution in [0.15, 0.2) is 24.3 Å². The Morgan fingerprint density at radius 2 is 1.80 bits per heavy atom. The van der Waals surface area contributed by atoms with Crippen molar-refractivity contribution in [3.05, 3.63) is 35.4 Å². The summed E-state index contributed by atoms with van der Waals surface area (Å²) < 4.78 is 5.86. The molecule has 1 N–H and O–H groups in total. The van der Waals surface area contributed by atoms with Crippen molar-refractivity contribution in [1.82, 2.24) is 5.32 Å². The fraction of sp³-hybridized carbons (Fsp3) is 0.667. The molecule has 1 atom stereocenters. The molecule has 0 amide bonds. The Morgan fingerprint density at radius 1 is 1.15 bits per heavy atom. The lowest BCUT2D eigenvalue weighted by Gasteiger charge is -2.28. The highest BCUT2D eigenvalue weighted by molar-refractivity contribution is 5.35. The van der Waals surface area contributed by atoms with Crippen LogP contribution < -0.4 is 5.32 Å². The summed E-state index contributed by atoms with van der Waals surface area (Å²) in [6, 6.07) is 9.00. The average Bonchev–Trinajstić information content (AvgIpc) is 2.37. The van der Waals surface area contributed by atoms with Gasteiger partial charge >= 0.3 is 0 Å². The summed E-state index contributed by atoms with van der Waals surface area (Å²) in [5, 5.41) is 3.63. The molecular formula is C18H31NO. The fourth-order valence-corrected chi connectivity index (χ4v) is 2.35. The van der Waals surface area contributed by atoms with Crippen LogP contribution in [0.3, 0.4) is 0 Å². The highest BCUT2D eigenvalue weighted by Gasteiger charge is 2.22. The SMILES string of the molecule is CCCNC(COC(C)C)c1ccccc1C(C)(C)C. The number of hydrogen-bond donors (Lipinski definition) is 1. The van der Waals surface area contributed by atoms with Crippen LogP contribution in [0.5, 0.6) is 0 Å². The van der Waals surface area contributed by atoms with Gasteiger partial charge in [0.1, 0.15) is 0 Å². The molecule has 20 heavy (non-hydrogen) atoms. The maximum atomic E-state index is 5.86. The Balaban J connectivity index is 3.00. The summed E-state index contributed by atoms with van der Waals surface area (Å²) in [6.07, 6.45) is 1.40. The predicted octanol–water partition coefficient (Wildman–Crippen LogP) is 4.45. The second-order valence-corrected chi connectivity index (χ2v) is 6.73. The van der Waals surface area contributed by atoms with Crippen LogP contribution in [-0.4, -0.2) is 19.3 Å². The molecule has 0 spiro atoms. The molecule has 1 unspecified atom stereocenters. The highest BCUT2D eigenvalue weighted by Crippen LogP contribution is 2.30. The second-order valence-electron chi connectivity index (χ2n) is 6.73. The molecule has 0 radical (unpaired) electrons. The molecule has 1 aromatic rings. The maximum absolute atomic E-state index is 5.86. The van der Waals surface area contributed by atoms with Crippen LogP contribution in [0.2, 0.25) is 0 Å². The summed E-state index contributed by atoms with van der Waals surface area (Å²) in [6.45, 7) is 14.9. The molecule has 1 rings (SSSR count). The van der Waals surface area contributed by atoms with Gasteiger partial charge < -0.3 is 10.1 Å². The van der Waals surface area contributed by atoms with Crippen LogP contribution in [0, 0.1) is 0 Å². The van der Waals surface area contributed by atoms with Crippen molar-refractivity contribution in [1.29, 1.82) is 0 Å². The van der Waals surface area contributed by atoms with Crippen LogP contribution >= 0.6 is 0 Å².